The molecule has 0 atom stereocenters. The Hall–Kier alpha value is -1.51. The summed E-state index contributed by atoms with van der Waals surface area (Å²) < 4.78 is 10.4. The first-order valence-electron chi connectivity index (χ1n) is 6.89. The SMILES string of the molecule is CCc1ccc(OC)c(CC2(C(=O)OC)CCC2)c1. The first kappa shape index (κ1) is 13.9. The smallest absolute Gasteiger partial charge is 0.312 e. The van der Waals surface area contributed by atoms with E-state index in [1.54, 1.807) is 7.11 Å². The summed E-state index contributed by atoms with van der Waals surface area (Å²) in [4.78, 5) is 12.0. The van der Waals surface area contributed by atoms with Crippen molar-refractivity contribution in [3.05, 3.63) is 29.3 Å². The molecule has 104 valence electrons. The van der Waals surface area contributed by atoms with Crippen LogP contribution in [-0.2, 0) is 22.4 Å². The van der Waals surface area contributed by atoms with Crippen LogP contribution in [0.3, 0.4) is 0 Å². The number of hydrogen-bond donors (Lipinski definition) is 0. The van der Waals surface area contributed by atoms with Crippen molar-refractivity contribution in [3.63, 3.8) is 0 Å². The molecule has 0 bridgehead atoms. The number of esters is 1. The van der Waals surface area contributed by atoms with Crippen molar-refractivity contribution in [1.82, 2.24) is 0 Å². The van der Waals surface area contributed by atoms with E-state index in [0.29, 0.717) is 0 Å². The van der Waals surface area contributed by atoms with Crippen LogP contribution in [0.25, 0.3) is 0 Å². The Bertz CT molecular complexity index is 461. The van der Waals surface area contributed by atoms with Crippen LogP contribution in [0.15, 0.2) is 18.2 Å². The average Bonchev–Trinajstić information content (AvgIpc) is 2.41. The Morgan fingerprint density at radius 2 is 2.05 bits per heavy atom. The number of aryl methyl sites for hydroxylation is 1. The number of hydrogen-bond acceptors (Lipinski definition) is 3. The fourth-order valence-corrected chi connectivity index (χ4v) is 2.83. The molecule has 0 heterocycles. The molecule has 3 nitrogen and oxygen atoms in total. The molecular formula is C16H22O3. The molecule has 0 radical (unpaired) electrons. The van der Waals surface area contributed by atoms with Crippen molar-refractivity contribution in [2.75, 3.05) is 14.2 Å². The maximum absolute atomic E-state index is 12.0. The van der Waals surface area contributed by atoms with E-state index in [0.717, 1.165) is 43.4 Å². The molecule has 0 N–H and O–H groups in total. The van der Waals surface area contributed by atoms with Gasteiger partial charge in [0.05, 0.1) is 19.6 Å². The van der Waals surface area contributed by atoms with E-state index in [1.807, 2.05) is 6.07 Å². The van der Waals surface area contributed by atoms with E-state index in [4.69, 9.17) is 9.47 Å². The van der Waals surface area contributed by atoms with Gasteiger partial charge in [0.2, 0.25) is 0 Å². The maximum atomic E-state index is 12.0. The average molecular weight is 262 g/mol. The van der Waals surface area contributed by atoms with Crippen molar-refractivity contribution < 1.29 is 14.3 Å². The van der Waals surface area contributed by atoms with Crippen molar-refractivity contribution in [2.45, 2.75) is 39.0 Å². The Morgan fingerprint density at radius 1 is 1.32 bits per heavy atom. The van der Waals surface area contributed by atoms with E-state index >= 15 is 0 Å². The summed E-state index contributed by atoms with van der Waals surface area (Å²) in [5, 5.41) is 0. The van der Waals surface area contributed by atoms with Gasteiger partial charge >= 0.3 is 5.97 Å². The summed E-state index contributed by atoms with van der Waals surface area (Å²) >= 11 is 0. The summed E-state index contributed by atoms with van der Waals surface area (Å²) in [7, 11) is 3.15. The minimum atomic E-state index is -0.325. The molecule has 1 fully saturated rings. The third kappa shape index (κ3) is 2.60. The van der Waals surface area contributed by atoms with Gasteiger partial charge in [-0.15, -0.1) is 0 Å². The molecule has 1 aromatic rings. The number of carbonyl (C=O) groups excluding carboxylic acids is 1. The molecule has 2 rings (SSSR count). The highest BCUT2D eigenvalue weighted by molar-refractivity contribution is 5.78. The normalized spacial score (nSPS) is 16.6. The van der Waals surface area contributed by atoms with Crippen LogP contribution < -0.4 is 4.74 Å². The second-order valence-electron chi connectivity index (χ2n) is 5.30. The summed E-state index contributed by atoms with van der Waals surface area (Å²) in [6, 6.07) is 6.23. The summed E-state index contributed by atoms with van der Waals surface area (Å²) in [5.41, 5.74) is 2.07. The predicted octanol–water partition coefficient (Wildman–Crippen LogP) is 3.14. The number of rotatable bonds is 5. The van der Waals surface area contributed by atoms with E-state index in [9.17, 15) is 4.79 Å². The van der Waals surface area contributed by atoms with Gasteiger partial charge in [-0.25, -0.2) is 0 Å². The molecule has 0 aliphatic heterocycles. The lowest BCUT2D eigenvalue weighted by Crippen LogP contribution is -2.41. The highest BCUT2D eigenvalue weighted by Gasteiger charge is 2.45. The molecule has 3 heteroatoms. The monoisotopic (exact) mass is 262 g/mol. The van der Waals surface area contributed by atoms with Crippen LogP contribution in [-0.4, -0.2) is 20.2 Å². The molecule has 1 aliphatic rings. The molecule has 1 aliphatic carbocycles. The lowest BCUT2D eigenvalue weighted by Gasteiger charge is -2.39. The Labute approximate surface area is 114 Å². The summed E-state index contributed by atoms with van der Waals surface area (Å²) in [6.07, 6.45) is 4.64. The van der Waals surface area contributed by atoms with Gasteiger partial charge in [0.1, 0.15) is 5.75 Å². The van der Waals surface area contributed by atoms with Crippen LogP contribution in [0.2, 0.25) is 0 Å². The molecule has 1 aromatic carbocycles. The predicted molar refractivity (Wildman–Crippen MR) is 74.4 cm³/mol. The van der Waals surface area contributed by atoms with Crippen LogP contribution in [0.1, 0.15) is 37.3 Å². The van der Waals surface area contributed by atoms with Crippen LogP contribution in [0.5, 0.6) is 5.75 Å². The number of ether oxygens (including phenoxy) is 2. The topological polar surface area (TPSA) is 35.5 Å². The zero-order valence-electron chi connectivity index (χ0n) is 12.0. The van der Waals surface area contributed by atoms with Gasteiger partial charge in [0.25, 0.3) is 0 Å². The van der Waals surface area contributed by atoms with Crippen molar-refractivity contribution in [1.29, 1.82) is 0 Å². The van der Waals surface area contributed by atoms with Crippen molar-refractivity contribution in [3.8, 4) is 5.75 Å². The second kappa shape index (κ2) is 5.64. The lowest BCUT2D eigenvalue weighted by molar-refractivity contribution is -0.158. The highest BCUT2D eigenvalue weighted by Crippen LogP contribution is 2.46. The Morgan fingerprint density at radius 3 is 2.53 bits per heavy atom. The third-order valence-corrected chi connectivity index (χ3v) is 4.21. The van der Waals surface area contributed by atoms with E-state index in [1.165, 1.54) is 12.7 Å². The van der Waals surface area contributed by atoms with Gasteiger partial charge in [-0.1, -0.05) is 25.5 Å². The molecule has 1 saturated carbocycles. The molecule has 19 heavy (non-hydrogen) atoms. The fraction of sp³-hybridized carbons (Fsp3) is 0.562. The highest BCUT2D eigenvalue weighted by atomic mass is 16.5. The third-order valence-electron chi connectivity index (χ3n) is 4.21. The molecule has 0 saturated heterocycles. The van der Waals surface area contributed by atoms with Crippen LogP contribution in [0, 0.1) is 5.41 Å². The summed E-state index contributed by atoms with van der Waals surface area (Å²) in [6.45, 7) is 2.13. The first-order valence-corrected chi connectivity index (χ1v) is 6.89. The zero-order chi connectivity index (χ0) is 13.9. The van der Waals surface area contributed by atoms with Crippen molar-refractivity contribution in [2.24, 2.45) is 5.41 Å². The standard InChI is InChI=1S/C16H22O3/c1-4-12-6-7-14(18-2)13(10-12)11-16(8-5-9-16)15(17)19-3/h6-7,10H,4-5,8-9,11H2,1-3H3. The van der Waals surface area contributed by atoms with Gasteiger partial charge in [0.15, 0.2) is 0 Å². The largest absolute Gasteiger partial charge is 0.496 e. The Balaban J connectivity index is 2.28. The number of carbonyl (C=O) groups is 1. The fourth-order valence-electron chi connectivity index (χ4n) is 2.83. The van der Waals surface area contributed by atoms with E-state index < -0.39 is 0 Å². The summed E-state index contributed by atoms with van der Waals surface area (Å²) in [5.74, 6) is 0.787. The molecule has 0 unspecified atom stereocenters. The molecule has 0 spiro atoms. The Kier molecular flexibility index (Phi) is 4.13. The number of methoxy groups -OCH3 is 2. The van der Waals surface area contributed by atoms with E-state index in [2.05, 4.69) is 19.1 Å². The zero-order valence-corrected chi connectivity index (χ0v) is 12.0. The first-order chi connectivity index (χ1) is 9.15. The minimum Gasteiger partial charge on any atom is -0.496 e. The lowest BCUT2D eigenvalue weighted by atomic mass is 9.65. The van der Waals surface area contributed by atoms with Crippen LogP contribution in [0.4, 0.5) is 0 Å². The van der Waals surface area contributed by atoms with Crippen molar-refractivity contribution >= 4 is 5.97 Å². The number of benzene rings is 1. The van der Waals surface area contributed by atoms with Gasteiger partial charge in [0, 0.05) is 0 Å². The van der Waals surface area contributed by atoms with Crippen LogP contribution >= 0.6 is 0 Å². The quantitative estimate of drug-likeness (QED) is 0.765. The molecule has 0 aromatic heterocycles. The molecular weight excluding hydrogens is 240 g/mol. The molecule has 0 amide bonds. The van der Waals surface area contributed by atoms with Gasteiger partial charge < -0.3 is 9.47 Å². The van der Waals surface area contributed by atoms with E-state index in [-0.39, 0.29) is 11.4 Å². The van der Waals surface area contributed by atoms with Gasteiger partial charge in [-0.05, 0) is 42.9 Å². The minimum absolute atomic E-state index is 0.0808. The second-order valence-corrected chi connectivity index (χ2v) is 5.30. The maximum Gasteiger partial charge on any atom is 0.312 e. The van der Waals surface area contributed by atoms with Gasteiger partial charge in [-0.3, -0.25) is 4.79 Å². The van der Waals surface area contributed by atoms with Gasteiger partial charge in [-0.2, -0.15) is 0 Å².